The molecule has 1 aliphatic heterocycles. The standard InChI is InChI=1S/C11H23NO/c1-4-7-12-8-5-6-10(9-12)11(2,3)13/h10,13H,4-9H2,1-3H3. The van der Waals surface area contributed by atoms with Crippen molar-refractivity contribution in [3.63, 3.8) is 0 Å². The van der Waals surface area contributed by atoms with Crippen molar-refractivity contribution in [3.05, 3.63) is 0 Å². The van der Waals surface area contributed by atoms with Crippen molar-refractivity contribution in [2.45, 2.75) is 45.6 Å². The summed E-state index contributed by atoms with van der Waals surface area (Å²) in [7, 11) is 0. The molecule has 0 aromatic heterocycles. The van der Waals surface area contributed by atoms with E-state index in [4.69, 9.17) is 0 Å². The van der Waals surface area contributed by atoms with E-state index in [2.05, 4.69) is 11.8 Å². The van der Waals surface area contributed by atoms with Crippen LogP contribution in [0.1, 0.15) is 40.0 Å². The topological polar surface area (TPSA) is 23.5 Å². The SMILES string of the molecule is CCCN1CCCC(C(C)(C)O)C1. The molecule has 2 heteroatoms. The van der Waals surface area contributed by atoms with Crippen molar-refractivity contribution in [2.75, 3.05) is 19.6 Å². The molecule has 1 saturated heterocycles. The average Bonchev–Trinajstić information content (AvgIpc) is 2.04. The van der Waals surface area contributed by atoms with E-state index in [9.17, 15) is 5.11 Å². The highest BCUT2D eigenvalue weighted by atomic mass is 16.3. The Kier molecular flexibility index (Phi) is 3.74. The third-order valence-electron chi connectivity index (χ3n) is 3.04. The molecule has 1 unspecified atom stereocenters. The minimum absolute atomic E-state index is 0.466. The van der Waals surface area contributed by atoms with Crippen molar-refractivity contribution in [1.82, 2.24) is 4.90 Å². The summed E-state index contributed by atoms with van der Waals surface area (Å²) in [6.45, 7) is 9.58. The quantitative estimate of drug-likeness (QED) is 0.725. The van der Waals surface area contributed by atoms with Crippen molar-refractivity contribution < 1.29 is 5.11 Å². The van der Waals surface area contributed by atoms with Gasteiger partial charge in [-0.05, 0) is 52.1 Å². The molecule has 1 atom stereocenters. The first-order chi connectivity index (χ1) is 6.04. The molecule has 0 bridgehead atoms. The van der Waals surface area contributed by atoms with Gasteiger partial charge in [0.25, 0.3) is 0 Å². The Hall–Kier alpha value is -0.0800. The third-order valence-corrected chi connectivity index (χ3v) is 3.04. The number of hydrogen-bond donors (Lipinski definition) is 1. The predicted octanol–water partition coefficient (Wildman–Crippen LogP) is 1.88. The molecule has 0 spiro atoms. The Labute approximate surface area is 81.9 Å². The first kappa shape index (κ1) is 11.0. The fourth-order valence-corrected chi connectivity index (χ4v) is 2.15. The first-order valence-corrected chi connectivity index (χ1v) is 5.48. The van der Waals surface area contributed by atoms with Gasteiger partial charge in [-0.15, -0.1) is 0 Å². The summed E-state index contributed by atoms with van der Waals surface area (Å²) < 4.78 is 0. The lowest BCUT2D eigenvalue weighted by atomic mass is 9.84. The molecule has 0 amide bonds. The summed E-state index contributed by atoms with van der Waals surface area (Å²) in [6, 6.07) is 0. The first-order valence-electron chi connectivity index (χ1n) is 5.48. The largest absolute Gasteiger partial charge is 0.390 e. The monoisotopic (exact) mass is 185 g/mol. The van der Waals surface area contributed by atoms with E-state index >= 15 is 0 Å². The Morgan fingerprint density at radius 1 is 1.46 bits per heavy atom. The molecule has 1 aliphatic rings. The molecule has 1 N–H and O–H groups in total. The number of nitrogens with zero attached hydrogens (tertiary/aromatic N) is 1. The molecule has 0 radical (unpaired) electrons. The number of aliphatic hydroxyl groups is 1. The molecular formula is C11H23NO. The fraction of sp³-hybridized carbons (Fsp3) is 1.00. The van der Waals surface area contributed by atoms with E-state index in [0.29, 0.717) is 5.92 Å². The average molecular weight is 185 g/mol. The Bertz CT molecular complexity index is 149. The second-order valence-corrected chi connectivity index (χ2v) is 4.79. The fourth-order valence-electron chi connectivity index (χ4n) is 2.15. The van der Waals surface area contributed by atoms with Gasteiger partial charge in [-0.1, -0.05) is 6.92 Å². The Morgan fingerprint density at radius 3 is 2.69 bits per heavy atom. The number of likely N-dealkylation sites (tertiary alicyclic amines) is 1. The van der Waals surface area contributed by atoms with Gasteiger partial charge in [0.1, 0.15) is 0 Å². The summed E-state index contributed by atoms with van der Waals surface area (Å²) in [6.07, 6.45) is 3.65. The van der Waals surface area contributed by atoms with Crippen LogP contribution in [0, 0.1) is 5.92 Å². The van der Waals surface area contributed by atoms with Crippen LogP contribution in [0.15, 0.2) is 0 Å². The van der Waals surface area contributed by atoms with Crippen LogP contribution in [0.4, 0.5) is 0 Å². The predicted molar refractivity (Wildman–Crippen MR) is 55.8 cm³/mol. The second kappa shape index (κ2) is 4.43. The minimum atomic E-state index is -0.494. The van der Waals surface area contributed by atoms with Gasteiger partial charge in [-0.25, -0.2) is 0 Å². The van der Waals surface area contributed by atoms with E-state index < -0.39 is 5.60 Å². The van der Waals surface area contributed by atoms with Gasteiger partial charge >= 0.3 is 0 Å². The normalized spacial score (nSPS) is 26.3. The zero-order valence-corrected chi connectivity index (χ0v) is 9.21. The molecule has 0 saturated carbocycles. The van der Waals surface area contributed by atoms with Crippen LogP contribution in [-0.4, -0.2) is 35.2 Å². The highest BCUT2D eigenvalue weighted by Crippen LogP contribution is 2.26. The molecule has 13 heavy (non-hydrogen) atoms. The highest BCUT2D eigenvalue weighted by molar-refractivity contribution is 4.83. The Balaban J connectivity index is 2.42. The van der Waals surface area contributed by atoms with Gasteiger partial charge in [-0.3, -0.25) is 0 Å². The minimum Gasteiger partial charge on any atom is -0.390 e. The van der Waals surface area contributed by atoms with Crippen LogP contribution in [0.2, 0.25) is 0 Å². The molecule has 2 nitrogen and oxygen atoms in total. The molecule has 1 rings (SSSR count). The van der Waals surface area contributed by atoms with E-state index in [1.807, 2.05) is 13.8 Å². The zero-order valence-electron chi connectivity index (χ0n) is 9.21. The second-order valence-electron chi connectivity index (χ2n) is 4.79. The lowest BCUT2D eigenvalue weighted by molar-refractivity contribution is -0.0181. The maximum absolute atomic E-state index is 9.90. The van der Waals surface area contributed by atoms with E-state index in [0.717, 1.165) is 6.54 Å². The summed E-state index contributed by atoms with van der Waals surface area (Å²) in [5.41, 5.74) is -0.494. The highest BCUT2D eigenvalue weighted by Gasteiger charge is 2.30. The number of hydrogen-bond acceptors (Lipinski definition) is 2. The van der Waals surface area contributed by atoms with Crippen molar-refractivity contribution in [1.29, 1.82) is 0 Å². The van der Waals surface area contributed by atoms with Crippen LogP contribution >= 0.6 is 0 Å². The van der Waals surface area contributed by atoms with Crippen LogP contribution < -0.4 is 0 Å². The van der Waals surface area contributed by atoms with Gasteiger partial charge in [0.2, 0.25) is 0 Å². The van der Waals surface area contributed by atoms with Gasteiger partial charge in [0.05, 0.1) is 5.60 Å². The summed E-state index contributed by atoms with van der Waals surface area (Å²) >= 11 is 0. The summed E-state index contributed by atoms with van der Waals surface area (Å²) in [4.78, 5) is 2.48. The van der Waals surface area contributed by atoms with Crippen molar-refractivity contribution >= 4 is 0 Å². The van der Waals surface area contributed by atoms with Gasteiger partial charge < -0.3 is 10.0 Å². The van der Waals surface area contributed by atoms with E-state index in [-0.39, 0.29) is 0 Å². The molecule has 0 aromatic carbocycles. The summed E-state index contributed by atoms with van der Waals surface area (Å²) in [5.74, 6) is 0.466. The van der Waals surface area contributed by atoms with E-state index in [1.165, 1.54) is 32.4 Å². The lowest BCUT2D eigenvalue weighted by Gasteiger charge is -2.38. The molecular weight excluding hydrogens is 162 g/mol. The molecule has 0 aliphatic carbocycles. The maximum Gasteiger partial charge on any atom is 0.0632 e. The van der Waals surface area contributed by atoms with Gasteiger partial charge in [0.15, 0.2) is 0 Å². The van der Waals surface area contributed by atoms with Gasteiger partial charge in [-0.2, -0.15) is 0 Å². The number of rotatable bonds is 3. The van der Waals surface area contributed by atoms with Crippen molar-refractivity contribution in [2.24, 2.45) is 5.92 Å². The van der Waals surface area contributed by atoms with Crippen LogP contribution in [0.5, 0.6) is 0 Å². The van der Waals surface area contributed by atoms with Crippen LogP contribution in [-0.2, 0) is 0 Å². The molecule has 1 heterocycles. The van der Waals surface area contributed by atoms with Crippen LogP contribution in [0.25, 0.3) is 0 Å². The zero-order chi connectivity index (χ0) is 9.90. The smallest absolute Gasteiger partial charge is 0.0632 e. The van der Waals surface area contributed by atoms with Crippen LogP contribution in [0.3, 0.4) is 0 Å². The molecule has 1 fully saturated rings. The molecule has 0 aromatic rings. The number of piperidine rings is 1. The molecule has 78 valence electrons. The maximum atomic E-state index is 9.90. The Morgan fingerprint density at radius 2 is 2.15 bits per heavy atom. The van der Waals surface area contributed by atoms with Crippen molar-refractivity contribution in [3.8, 4) is 0 Å². The van der Waals surface area contributed by atoms with E-state index in [1.54, 1.807) is 0 Å². The third kappa shape index (κ3) is 3.28. The lowest BCUT2D eigenvalue weighted by Crippen LogP contribution is -2.44. The summed E-state index contributed by atoms with van der Waals surface area (Å²) in [5, 5.41) is 9.90. The van der Waals surface area contributed by atoms with Gasteiger partial charge in [0, 0.05) is 6.54 Å².